The molecule has 0 saturated heterocycles. The molecule has 0 aliphatic rings. The van der Waals surface area contributed by atoms with Gasteiger partial charge < -0.3 is 0 Å². The molecular formula is C9H11N5. The van der Waals surface area contributed by atoms with E-state index in [2.05, 4.69) is 39.0 Å². The first-order valence-corrected chi connectivity index (χ1v) is 4.45. The van der Waals surface area contributed by atoms with Crippen molar-refractivity contribution in [2.45, 2.75) is 19.8 Å². The quantitative estimate of drug-likeness (QED) is 0.775. The van der Waals surface area contributed by atoms with Crippen LogP contribution >= 0.6 is 0 Å². The lowest BCUT2D eigenvalue weighted by Gasteiger charge is -2.02. The van der Waals surface area contributed by atoms with E-state index in [4.69, 9.17) is 0 Å². The van der Waals surface area contributed by atoms with E-state index in [1.165, 1.54) is 6.33 Å². The highest BCUT2D eigenvalue weighted by Gasteiger charge is 2.04. The molecule has 1 N–H and O–H groups in total. The molecule has 0 spiro atoms. The van der Waals surface area contributed by atoms with Crippen LogP contribution in [-0.4, -0.2) is 25.1 Å². The second-order valence-corrected chi connectivity index (χ2v) is 3.32. The molecule has 2 rings (SSSR count). The van der Waals surface area contributed by atoms with Crippen LogP contribution in [0.5, 0.6) is 0 Å². The van der Waals surface area contributed by atoms with Gasteiger partial charge in [-0.05, 0) is 0 Å². The fourth-order valence-corrected chi connectivity index (χ4v) is 1.10. The Morgan fingerprint density at radius 3 is 2.36 bits per heavy atom. The maximum absolute atomic E-state index is 4.24. The summed E-state index contributed by atoms with van der Waals surface area (Å²) in [5, 5.41) is 6.53. The Labute approximate surface area is 81.6 Å². The van der Waals surface area contributed by atoms with E-state index in [0.29, 0.717) is 11.7 Å². The van der Waals surface area contributed by atoms with E-state index in [-0.39, 0.29) is 0 Å². The monoisotopic (exact) mass is 189 g/mol. The molecule has 0 radical (unpaired) electrons. The summed E-state index contributed by atoms with van der Waals surface area (Å²) in [6, 6.07) is 0. The SMILES string of the molecule is CC(C)c1ncc(-c2ncn[nH]2)cn1. The minimum atomic E-state index is 0.346. The Kier molecular flexibility index (Phi) is 2.22. The van der Waals surface area contributed by atoms with Gasteiger partial charge in [0.2, 0.25) is 0 Å². The number of hydrogen-bond acceptors (Lipinski definition) is 4. The number of H-pyrrole nitrogens is 1. The zero-order valence-corrected chi connectivity index (χ0v) is 8.10. The predicted molar refractivity (Wildman–Crippen MR) is 51.5 cm³/mol. The average Bonchev–Trinajstić information content (AvgIpc) is 2.71. The molecule has 0 aromatic carbocycles. The molecule has 14 heavy (non-hydrogen) atoms. The van der Waals surface area contributed by atoms with Crippen molar-refractivity contribution in [1.82, 2.24) is 25.1 Å². The van der Waals surface area contributed by atoms with E-state index in [0.717, 1.165) is 11.4 Å². The molecule has 2 aromatic heterocycles. The van der Waals surface area contributed by atoms with Crippen molar-refractivity contribution in [1.29, 1.82) is 0 Å². The van der Waals surface area contributed by atoms with Crippen molar-refractivity contribution in [3.8, 4) is 11.4 Å². The third-order valence-corrected chi connectivity index (χ3v) is 1.88. The predicted octanol–water partition coefficient (Wildman–Crippen LogP) is 1.39. The van der Waals surface area contributed by atoms with Crippen molar-refractivity contribution in [3.05, 3.63) is 24.5 Å². The first-order valence-electron chi connectivity index (χ1n) is 4.45. The van der Waals surface area contributed by atoms with Crippen LogP contribution in [0.15, 0.2) is 18.7 Å². The molecule has 5 nitrogen and oxygen atoms in total. The van der Waals surface area contributed by atoms with Crippen LogP contribution < -0.4 is 0 Å². The summed E-state index contributed by atoms with van der Waals surface area (Å²) in [7, 11) is 0. The molecule has 0 fully saturated rings. The van der Waals surface area contributed by atoms with Gasteiger partial charge in [-0.3, -0.25) is 5.10 Å². The Balaban J connectivity index is 2.31. The fourth-order valence-electron chi connectivity index (χ4n) is 1.10. The second kappa shape index (κ2) is 3.53. The van der Waals surface area contributed by atoms with Gasteiger partial charge in [-0.1, -0.05) is 13.8 Å². The van der Waals surface area contributed by atoms with Crippen molar-refractivity contribution in [2.24, 2.45) is 0 Å². The minimum Gasteiger partial charge on any atom is -0.259 e. The number of hydrogen-bond donors (Lipinski definition) is 1. The van der Waals surface area contributed by atoms with Gasteiger partial charge in [0.15, 0.2) is 5.82 Å². The van der Waals surface area contributed by atoms with Crippen LogP contribution in [0, 0.1) is 0 Å². The van der Waals surface area contributed by atoms with Crippen LogP contribution in [0.4, 0.5) is 0 Å². The molecule has 2 heterocycles. The molecule has 5 heteroatoms. The minimum absolute atomic E-state index is 0.346. The number of nitrogens with one attached hydrogen (secondary N) is 1. The molecule has 0 bridgehead atoms. The fraction of sp³-hybridized carbons (Fsp3) is 0.333. The van der Waals surface area contributed by atoms with Gasteiger partial charge in [-0.15, -0.1) is 0 Å². The van der Waals surface area contributed by atoms with E-state index in [1.54, 1.807) is 12.4 Å². The third-order valence-electron chi connectivity index (χ3n) is 1.88. The van der Waals surface area contributed by atoms with Crippen molar-refractivity contribution < 1.29 is 0 Å². The molecular weight excluding hydrogens is 178 g/mol. The summed E-state index contributed by atoms with van der Waals surface area (Å²) in [4.78, 5) is 12.5. The lowest BCUT2D eigenvalue weighted by molar-refractivity contribution is 0.774. The number of aromatic amines is 1. The largest absolute Gasteiger partial charge is 0.259 e. The molecule has 0 aliphatic heterocycles. The summed E-state index contributed by atoms with van der Waals surface area (Å²) in [6.45, 7) is 4.12. The lowest BCUT2D eigenvalue weighted by atomic mass is 10.2. The van der Waals surface area contributed by atoms with Gasteiger partial charge in [0, 0.05) is 18.3 Å². The first kappa shape index (κ1) is 8.80. The van der Waals surface area contributed by atoms with Gasteiger partial charge in [0.1, 0.15) is 12.2 Å². The van der Waals surface area contributed by atoms with Crippen LogP contribution in [-0.2, 0) is 0 Å². The topological polar surface area (TPSA) is 67.3 Å². The van der Waals surface area contributed by atoms with E-state index in [9.17, 15) is 0 Å². The molecule has 0 aliphatic carbocycles. The highest BCUT2D eigenvalue weighted by atomic mass is 15.2. The van der Waals surface area contributed by atoms with Crippen molar-refractivity contribution >= 4 is 0 Å². The molecule has 0 atom stereocenters. The maximum Gasteiger partial charge on any atom is 0.158 e. The summed E-state index contributed by atoms with van der Waals surface area (Å²) in [6.07, 6.45) is 4.97. The molecule has 0 unspecified atom stereocenters. The Morgan fingerprint density at radius 1 is 1.14 bits per heavy atom. The molecule has 0 saturated carbocycles. The number of aromatic nitrogens is 5. The van der Waals surface area contributed by atoms with Gasteiger partial charge in [0.05, 0.1) is 5.56 Å². The summed E-state index contributed by atoms with van der Waals surface area (Å²) in [5.74, 6) is 1.88. The zero-order valence-electron chi connectivity index (χ0n) is 8.10. The van der Waals surface area contributed by atoms with E-state index in [1.807, 2.05) is 0 Å². The zero-order chi connectivity index (χ0) is 9.97. The van der Waals surface area contributed by atoms with Crippen LogP contribution in [0.25, 0.3) is 11.4 Å². The van der Waals surface area contributed by atoms with Gasteiger partial charge in [-0.25, -0.2) is 15.0 Å². The highest BCUT2D eigenvalue weighted by Crippen LogP contribution is 2.13. The van der Waals surface area contributed by atoms with Crippen molar-refractivity contribution in [2.75, 3.05) is 0 Å². The third kappa shape index (κ3) is 1.61. The Hall–Kier alpha value is -1.78. The normalized spacial score (nSPS) is 10.8. The van der Waals surface area contributed by atoms with E-state index >= 15 is 0 Å². The first-order chi connectivity index (χ1) is 6.77. The Bertz CT molecular complexity index is 390. The average molecular weight is 189 g/mol. The molecule has 0 amide bonds. The highest BCUT2D eigenvalue weighted by molar-refractivity contribution is 5.50. The maximum atomic E-state index is 4.24. The molecule has 72 valence electrons. The van der Waals surface area contributed by atoms with E-state index < -0.39 is 0 Å². The standard InChI is InChI=1S/C9H11N5/c1-6(2)8-10-3-7(4-11-8)9-12-5-13-14-9/h3-6H,1-2H3,(H,12,13,14). The summed E-state index contributed by atoms with van der Waals surface area (Å²) >= 11 is 0. The van der Waals surface area contributed by atoms with Gasteiger partial charge >= 0.3 is 0 Å². The van der Waals surface area contributed by atoms with Crippen LogP contribution in [0.1, 0.15) is 25.6 Å². The van der Waals surface area contributed by atoms with Gasteiger partial charge in [-0.2, -0.15) is 5.10 Å². The summed E-state index contributed by atoms with van der Waals surface area (Å²) < 4.78 is 0. The summed E-state index contributed by atoms with van der Waals surface area (Å²) in [5.41, 5.74) is 0.854. The second-order valence-electron chi connectivity index (χ2n) is 3.32. The molecule has 2 aromatic rings. The van der Waals surface area contributed by atoms with Gasteiger partial charge in [0.25, 0.3) is 0 Å². The Morgan fingerprint density at radius 2 is 1.86 bits per heavy atom. The van der Waals surface area contributed by atoms with Crippen molar-refractivity contribution in [3.63, 3.8) is 0 Å². The van der Waals surface area contributed by atoms with Crippen LogP contribution in [0.2, 0.25) is 0 Å². The number of rotatable bonds is 2. The smallest absolute Gasteiger partial charge is 0.158 e. The van der Waals surface area contributed by atoms with Crippen LogP contribution in [0.3, 0.4) is 0 Å². The number of nitrogens with zero attached hydrogens (tertiary/aromatic N) is 4. The lowest BCUT2D eigenvalue weighted by Crippen LogP contribution is -1.96.